The molecule has 124 valence electrons. The Labute approximate surface area is 146 Å². The minimum absolute atomic E-state index is 0.404. The van der Waals surface area contributed by atoms with Crippen LogP contribution in [-0.4, -0.2) is 5.71 Å². The summed E-state index contributed by atoms with van der Waals surface area (Å²) in [6, 6.07) is 12.5. The minimum atomic E-state index is 0.404. The maximum absolute atomic E-state index is 7.76. The maximum Gasteiger partial charge on any atom is 0.0438 e. The van der Waals surface area contributed by atoms with Crippen LogP contribution in [0.1, 0.15) is 61.4 Å². The van der Waals surface area contributed by atoms with Crippen LogP contribution in [0.4, 0.5) is 0 Å². The average molecular weight is 330 g/mol. The molecule has 0 radical (unpaired) electrons. The summed E-state index contributed by atoms with van der Waals surface area (Å²) in [5, 5.41) is 8.60. The Bertz CT molecular complexity index is 674. The molecule has 0 aromatic heterocycles. The highest BCUT2D eigenvalue weighted by atomic mass is 35.5. The van der Waals surface area contributed by atoms with Crippen LogP contribution in [0, 0.1) is 19.3 Å². The molecular formula is C21H28ClN. The van der Waals surface area contributed by atoms with Crippen molar-refractivity contribution >= 4 is 17.3 Å². The van der Waals surface area contributed by atoms with Crippen molar-refractivity contribution in [2.75, 3.05) is 0 Å². The zero-order valence-electron chi connectivity index (χ0n) is 15.1. The SMILES string of the molecule is CC.CC(=N)c1cccc(C(C)Cc2cc(Cl)c(C)cc2C)c1. The summed E-state index contributed by atoms with van der Waals surface area (Å²) in [5.74, 6) is 0.404. The van der Waals surface area contributed by atoms with E-state index in [9.17, 15) is 0 Å². The van der Waals surface area contributed by atoms with Gasteiger partial charge in [0.15, 0.2) is 0 Å². The van der Waals surface area contributed by atoms with Crippen LogP contribution in [0.25, 0.3) is 0 Å². The number of nitrogens with one attached hydrogen (secondary N) is 1. The normalized spacial score (nSPS) is 11.4. The lowest BCUT2D eigenvalue weighted by molar-refractivity contribution is 0.755. The number of aryl methyl sites for hydroxylation is 2. The van der Waals surface area contributed by atoms with Crippen molar-refractivity contribution in [3.8, 4) is 0 Å². The van der Waals surface area contributed by atoms with Crippen molar-refractivity contribution in [1.82, 2.24) is 0 Å². The number of hydrogen-bond acceptors (Lipinski definition) is 1. The van der Waals surface area contributed by atoms with Crippen LogP contribution in [0.3, 0.4) is 0 Å². The summed E-state index contributed by atoms with van der Waals surface area (Å²) < 4.78 is 0. The summed E-state index contributed by atoms with van der Waals surface area (Å²) in [5.41, 5.74) is 6.61. The molecule has 2 rings (SSSR count). The maximum atomic E-state index is 7.76. The van der Waals surface area contributed by atoms with Gasteiger partial charge in [0.05, 0.1) is 0 Å². The highest BCUT2D eigenvalue weighted by Gasteiger charge is 2.11. The van der Waals surface area contributed by atoms with Gasteiger partial charge in [-0.25, -0.2) is 0 Å². The molecule has 1 atom stereocenters. The Hall–Kier alpha value is -1.60. The first-order valence-electron chi connectivity index (χ1n) is 8.29. The molecule has 23 heavy (non-hydrogen) atoms. The van der Waals surface area contributed by atoms with Crippen molar-refractivity contribution < 1.29 is 0 Å². The van der Waals surface area contributed by atoms with Gasteiger partial charge in [-0.15, -0.1) is 0 Å². The van der Waals surface area contributed by atoms with Gasteiger partial charge >= 0.3 is 0 Å². The van der Waals surface area contributed by atoms with Crippen molar-refractivity contribution in [1.29, 1.82) is 5.41 Å². The van der Waals surface area contributed by atoms with Gasteiger partial charge in [0.25, 0.3) is 0 Å². The Morgan fingerprint density at radius 1 is 1.09 bits per heavy atom. The van der Waals surface area contributed by atoms with E-state index in [0.29, 0.717) is 11.6 Å². The molecule has 1 nitrogen and oxygen atoms in total. The molecule has 1 unspecified atom stereocenters. The van der Waals surface area contributed by atoms with Gasteiger partial charge in [-0.05, 0) is 73.1 Å². The lowest BCUT2D eigenvalue weighted by Gasteiger charge is -2.16. The zero-order chi connectivity index (χ0) is 17.6. The molecule has 2 heteroatoms. The number of halogens is 1. The van der Waals surface area contributed by atoms with Gasteiger partial charge in [0, 0.05) is 10.7 Å². The molecule has 0 fully saturated rings. The molecule has 1 N–H and O–H groups in total. The average Bonchev–Trinajstić information content (AvgIpc) is 2.54. The van der Waals surface area contributed by atoms with Crippen LogP contribution in [0.2, 0.25) is 5.02 Å². The van der Waals surface area contributed by atoms with E-state index in [0.717, 1.165) is 22.6 Å². The van der Waals surface area contributed by atoms with E-state index in [1.807, 2.05) is 39.8 Å². The Morgan fingerprint density at radius 2 is 1.74 bits per heavy atom. The fourth-order valence-electron chi connectivity index (χ4n) is 2.61. The zero-order valence-corrected chi connectivity index (χ0v) is 15.9. The fourth-order valence-corrected chi connectivity index (χ4v) is 2.80. The summed E-state index contributed by atoms with van der Waals surface area (Å²) >= 11 is 6.25. The van der Waals surface area contributed by atoms with Gasteiger partial charge in [-0.2, -0.15) is 0 Å². The molecule has 2 aromatic rings. The van der Waals surface area contributed by atoms with Crippen LogP contribution in [-0.2, 0) is 6.42 Å². The highest BCUT2D eigenvalue weighted by Crippen LogP contribution is 2.27. The van der Waals surface area contributed by atoms with Gasteiger partial charge < -0.3 is 5.41 Å². The second-order valence-corrected chi connectivity index (χ2v) is 6.29. The van der Waals surface area contributed by atoms with E-state index in [1.54, 1.807) is 0 Å². The molecular weight excluding hydrogens is 302 g/mol. The molecule has 0 aliphatic heterocycles. The first kappa shape index (κ1) is 19.4. The molecule has 0 heterocycles. The smallest absolute Gasteiger partial charge is 0.0438 e. The molecule has 0 aliphatic rings. The van der Waals surface area contributed by atoms with Crippen LogP contribution >= 0.6 is 11.6 Å². The van der Waals surface area contributed by atoms with Crippen LogP contribution in [0.15, 0.2) is 36.4 Å². The lowest BCUT2D eigenvalue weighted by Crippen LogP contribution is -2.02. The molecule has 0 saturated carbocycles. The highest BCUT2D eigenvalue weighted by molar-refractivity contribution is 6.31. The minimum Gasteiger partial charge on any atom is -0.305 e. The van der Waals surface area contributed by atoms with Gasteiger partial charge in [-0.1, -0.05) is 56.6 Å². The molecule has 0 amide bonds. The number of hydrogen-bond donors (Lipinski definition) is 1. The standard InChI is InChI=1S/C19H22ClN.C2H6/c1-12-8-14(3)19(20)11-18(12)9-13(2)16-6-5-7-17(10-16)15(4)21;1-2/h5-8,10-11,13,21H,9H2,1-4H3;1-2H3. The summed E-state index contributed by atoms with van der Waals surface area (Å²) in [7, 11) is 0. The first-order chi connectivity index (χ1) is 10.9. The Balaban J connectivity index is 0.00000127. The second kappa shape index (κ2) is 8.88. The quantitative estimate of drug-likeness (QED) is 0.602. The van der Waals surface area contributed by atoms with Gasteiger partial charge in [-0.3, -0.25) is 0 Å². The third kappa shape index (κ3) is 5.21. The number of rotatable bonds is 4. The topological polar surface area (TPSA) is 23.9 Å². The predicted octanol–water partition coefficient (Wildman–Crippen LogP) is 6.72. The van der Waals surface area contributed by atoms with E-state index in [4.69, 9.17) is 17.0 Å². The third-order valence-corrected chi connectivity index (χ3v) is 4.44. The molecule has 0 bridgehead atoms. The largest absolute Gasteiger partial charge is 0.305 e. The van der Waals surface area contributed by atoms with Crippen LogP contribution in [0.5, 0.6) is 0 Å². The van der Waals surface area contributed by atoms with E-state index < -0.39 is 0 Å². The number of benzene rings is 2. The summed E-state index contributed by atoms with van der Waals surface area (Å²) in [4.78, 5) is 0. The van der Waals surface area contributed by atoms with Crippen LogP contribution < -0.4 is 0 Å². The van der Waals surface area contributed by atoms with Gasteiger partial charge in [0.2, 0.25) is 0 Å². The van der Waals surface area contributed by atoms with E-state index >= 15 is 0 Å². The predicted molar refractivity (Wildman–Crippen MR) is 103 cm³/mol. The monoisotopic (exact) mass is 329 g/mol. The second-order valence-electron chi connectivity index (χ2n) is 5.88. The van der Waals surface area contributed by atoms with E-state index in [-0.39, 0.29) is 0 Å². The summed E-state index contributed by atoms with van der Waals surface area (Å²) in [6.07, 6.45) is 0.965. The first-order valence-corrected chi connectivity index (χ1v) is 8.67. The van der Waals surface area contributed by atoms with Crippen molar-refractivity contribution in [2.45, 2.75) is 53.9 Å². The molecule has 2 aromatic carbocycles. The van der Waals surface area contributed by atoms with Crippen molar-refractivity contribution in [3.05, 3.63) is 69.2 Å². The molecule has 0 spiro atoms. The van der Waals surface area contributed by atoms with Crippen molar-refractivity contribution in [2.24, 2.45) is 0 Å². The van der Waals surface area contributed by atoms with Crippen molar-refractivity contribution in [3.63, 3.8) is 0 Å². The fraction of sp³-hybridized carbons (Fsp3) is 0.381. The Kier molecular flexibility index (Phi) is 7.51. The van der Waals surface area contributed by atoms with E-state index in [1.165, 1.54) is 16.7 Å². The third-order valence-electron chi connectivity index (χ3n) is 4.03. The van der Waals surface area contributed by atoms with Gasteiger partial charge in [0.1, 0.15) is 0 Å². The molecule has 0 saturated heterocycles. The Morgan fingerprint density at radius 3 is 2.35 bits per heavy atom. The lowest BCUT2D eigenvalue weighted by atomic mass is 9.90. The summed E-state index contributed by atoms with van der Waals surface area (Å²) in [6.45, 7) is 12.2. The molecule has 0 aliphatic carbocycles. The van der Waals surface area contributed by atoms with E-state index in [2.05, 4.69) is 38.1 Å².